The zero-order chi connectivity index (χ0) is 17.9. The zero-order valence-corrected chi connectivity index (χ0v) is 14.8. The standard InChI is InChI=1S/C18H24N6O2/c25-16(22-15-2-3-15)4-1-13-5-7-23(8-6-13)17(26)9-14-10-19-18-20-12-21-24(18)11-14/h10-13,15H,1-9H2,(H,22,25). The summed E-state index contributed by atoms with van der Waals surface area (Å²) in [4.78, 5) is 34.4. The van der Waals surface area contributed by atoms with Crippen LogP contribution in [0.5, 0.6) is 0 Å². The molecule has 0 spiro atoms. The number of hydrogen-bond donors (Lipinski definition) is 1. The Kier molecular flexibility index (Phi) is 4.81. The summed E-state index contributed by atoms with van der Waals surface area (Å²) >= 11 is 0. The SMILES string of the molecule is O=C(CCC1CCN(C(=O)Cc2cnc3ncnn3c2)CC1)NC1CC1. The van der Waals surface area contributed by atoms with Gasteiger partial charge in [-0.05, 0) is 43.6 Å². The van der Waals surface area contributed by atoms with E-state index >= 15 is 0 Å². The summed E-state index contributed by atoms with van der Waals surface area (Å²) in [5.74, 6) is 1.38. The lowest BCUT2D eigenvalue weighted by atomic mass is 9.92. The number of rotatable bonds is 6. The molecule has 2 amide bonds. The molecule has 1 saturated carbocycles. The molecule has 0 atom stereocenters. The summed E-state index contributed by atoms with van der Waals surface area (Å²) in [6, 6.07) is 0.438. The van der Waals surface area contributed by atoms with Gasteiger partial charge in [-0.3, -0.25) is 9.59 Å². The number of nitrogens with one attached hydrogen (secondary N) is 1. The summed E-state index contributed by atoms with van der Waals surface area (Å²) in [7, 11) is 0. The van der Waals surface area contributed by atoms with E-state index in [0.29, 0.717) is 30.6 Å². The highest BCUT2D eigenvalue weighted by Gasteiger charge is 2.25. The highest BCUT2D eigenvalue weighted by atomic mass is 16.2. The Labute approximate surface area is 152 Å². The van der Waals surface area contributed by atoms with Crippen LogP contribution in [-0.2, 0) is 16.0 Å². The molecule has 26 heavy (non-hydrogen) atoms. The minimum atomic E-state index is 0.121. The quantitative estimate of drug-likeness (QED) is 0.832. The van der Waals surface area contributed by atoms with Crippen LogP contribution in [0.4, 0.5) is 0 Å². The maximum Gasteiger partial charge on any atom is 0.252 e. The van der Waals surface area contributed by atoms with E-state index < -0.39 is 0 Å². The van der Waals surface area contributed by atoms with Gasteiger partial charge >= 0.3 is 0 Å². The molecule has 1 aliphatic carbocycles. The van der Waals surface area contributed by atoms with E-state index in [1.54, 1.807) is 16.9 Å². The molecule has 0 unspecified atom stereocenters. The second-order valence-corrected chi connectivity index (χ2v) is 7.35. The number of likely N-dealkylation sites (tertiary alicyclic amines) is 1. The highest BCUT2D eigenvalue weighted by molar-refractivity contribution is 5.78. The van der Waals surface area contributed by atoms with Crippen LogP contribution in [0.1, 0.15) is 44.1 Å². The van der Waals surface area contributed by atoms with Crippen LogP contribution in [-0.4, -0.2) is 55.4 Å². The predicted octanol–water partition coefficient (Wildman–Crippen LogP) is 0.964. The largest absolute Gasteiger partial charge is 0.353 e. The van der Waals surface area contributed by atoms with Crippen LogP contribution in [0.25, 0.3) is 5.78 Å². The smallest absolute Gasteiger partial charge is 0.252 e. The van der Waals surface area contributed by atoms with Crippen molar-refractivity contribution in [2.45, 2.75) is 51.0 Å². The van der Waals surface area contributed by atoms with E-state index in [1.807, 2.05) is 4.90 Å². The monoisotopic (exact) mass is 356 g/mol. The molecule has 0 radical (unpaired) electrons. The Morgan fingerprint density at radius 2 is 1.96 bits per heavy atom. The number of carbonyl (C=O) groups is 2. The van der Waals surface area contributed by atoms with Gasteiger partial charge in [-0.1, -0.05) is 0 Å². The van der Waals surface area contributed by atoms with E-state index in [2.05, 4.69) is 20.4 Å². The summed E-state index contributed by atoms with van der Waals surface area (Å²) in [6.07, 6.45) is 11.0. The van der Waals surface area contributed by atoms with Gasteiger partial charge in [0.2, 0.25) is 11.8 Å². The van der Waals surface area contributed by atoms with Crippen LogP contribution in [0.3, 0.4) is 0 Å². The van der Waals surface area contributed by atoms with Crippen LogP contribution in [0, 0.1) is 5.92 Å². The molecular formula is C18H24N6O2. The number of nitrogens with zero attached hydrogens (tertiary/aromatic N) is 5. The maximum absolute atomic E-state index is 12.5. The first kappa shape index (κ1) is 16.9. The number of aromatic nitrogens is 4. The molecule has 4 rings (SSSR count). The molecule has 1 saturated heterocycles. The molecule has 138 valence electrons. The van der Waals surface area contributed by atoms with Crippen molar-refractivity contribution in [1.29, 1.82) is 0 Å². The Morgan fingerprint density at radius 3 is 2.73 bits per heavy atom. The molecule has 2 aromatic rings. The minimum Gasteiger partial charge on any atom is -0.353 e. The Hall–Kier alpha value is -2.51. The number of carbonyl (C=O) groups excluding carboxylic acids is 2. The van der Waals surface area contributed by atoms with Crippen LogP contribution in [0.2, 0.25) is 0 Å². The van der Waals surface area contributed by atoms with Gasteiger partial charge in [0.1, 0.15) is 6.33 Å². The molecule has 8 heteroatoms. The molecule has 1 aliphatic heterocycles. The van der Waals surface area contributed by atoms with Gasteiger partial charge in [-0.2, -0.15) is 10.1 Å². The lowest BCUT2D eigenvalue weighted by molar-refractivity contribution is -0.132. The van der Waals surface area contributed by atoms with Crippen molar-refractivity contribution in [3.8, 4) is 0 Å². The van der Waals surface area contributed by atoms with Crippen LogP contribution < -0.4 is 5.32 Å². The molecule has 0 bridgehead atoms. The molecule has 2 aliphatic rings. The molecule has 2 aromatic heterocycles. The highest BCUT2D eigenvalue weighted by Crippen LogP contribution is 2.23. The van der Waals surface area contributed by atoms with Gasteiger partial charge in [0.25, 0.3) is 5.78 Å². The number of hydrogen-bond acceptors (Lipinski definition) is 5. The van der Waals surface area contributed by atoms with Crippen molar-refractivity contribution >= 4 is 17.6 Å². The van der Waals surface area contributed by atoms with Crippen molar-refractivity contribution in [2.75, 3.05) is 13.1 Å². The van der Waals surface area contributed by atoms with Crippen molar-refractivity contribution in [2.24, 2.45) is 5.92 Å². The topological polar surface area (TPSA) is 92.5 Å². The third-order valence-electron chi connectivity index (χ3n) is 5.23. The summed E-state index contributed by atoms with van der Waals surface area (Å²) in [5.41, 5.74) is 0.840. The Balaban J connectivity index is 1.22. The maximum atomic E-state index is 12.5. The van der Waals surface area contributed by atoms with Crippen LogP contribution in [0.15, 0.2) is 18.7 Å². The minimum absolute atomic E-state index is 0.121. The first-order valence-corrected chi connectivity index (χ1v) is 9.39. The van der Waals surface area contributed by atoms with Gasteiger partial charge in [0, 0.05) is 37.9 Å². The normalized spacial score (nSPS) is 18.2. The van der Waals surface area contributed by atoms with Gasteiger partial charge in [0.15, 0.2) is 0 Å². The average molecular weight is 356 g/mol. The third-order valence-corrected chi connectivity index (χ3v) is 5.23. The fourth-order valence-electron chi connectivity index (χ4n) is 3.47. The second kappa shape index (κ2) is 7.39. The molecule has 2 fully saturated rings. The lowest BCUT2D eigenvalue weighted by Gasteiger charge is -2.32. The number of fused-ring (bicyclic) bond motifs is 1. The van der Waals surface area contributed by atoms with E-state index in [0.717, 1.165) is 50.8 Å². The van der Waals surface area contributed by atoms with Gasteiger partial charge < -0.3 is 10.2 Å². The van der Waals surface area contributed by atoms with Gasteiger partial charge in [0.05, 0.1) is 6.42 Å². The van der Waals surface area contributed by atoms with Crippen molar-refractivity contribution in [3.63, 3.8) is 0 Å². The number of amides is 2. The lowest BCUT2D eigenvalue weighted by Crippen LogP contribution is -2.39. The summed E-state index contributed by atoms with van der Waals surface area (Å²) in [5, 5.41) is 7.09. The predicted molar refractivity (Wildman–Crippen MR) is 94.2 cm³/mol. The van der Waals surface area contributed by atoms with Crippen molar-refractivity contribution in [3.05, 3.63) is 24.3 Å². The van der Waals surface area contributed by atoms with E-state index in [-0.39, 0.29) is 11.8 Å². The molecule has 8 nitrogen and oxygen atoms in total. The fourth-order valence-corrected chi connectivity index (χ4v) is 3.47. The van der Waals surface area contributed by atoms with E-state index in [9.17, 15) is 9.59 Å². The van der Waals surface area contributed by atoms with Crippen LogP contribution >= 0.6 is 0 Å². The number of piperidine rings is 1. The first-order chi connectivity index (χ1) is 12.7. The van der Waals surface area contributed by atoms with Crippen molar-refractivity contribution in [1.82, 2.24) is 29.8 Å². The zero-order valence-electron chi connectivity index (χ0n) is 14.8. The van der Waals surface area contributed by atoms with Gasteiger partial charge in [-0.15, -0.1) is 0 Å². The van der Waals surface area contributed by atoms with Gasteiger partial charge in [-0.25, -0.2) is 9.50 Å². The second-order valence-electron chi connectivity index (χ2n) is 7.35. The molecule has 3 heterocycles. The summed E-state index contributed by atoms with van der Waals surface area (Å²) in [6.45, 7) is 1.54. The molecule has 1 N–H and O–H groups in total. The Morgan fingerprint density at radius 1 is 1.15 bits per heavy atom. The third kappa shape index (κ3) is 4.17. The van der Waals surface area contributed by atoms with E-state index in [1.165, 1.54) is 6.33 Å². The molecule has 0 aromatic carbocycles. The first-order valence-electron chi connectivity index (χ1n) is 9.39. The average Bonchev–Trinajstić information content (AvgIpc) is 3.33. The molecular weight excluding hydrogens is 332 g/mol. The summed E-state index contributed by atoms with van der Waals surface area (Å²) < 4.78 is 1.58. The van der Waals surface area contributed by atoms with Crippen molar-refractivity contribution < 1.29 is 9.59 Å². The van der Waals surface area contributed by atoms with E-state index in [4.69, 9.17) is 0 Å². The Bertz CT molecular complexity index is 792. The fraction of sp³-hybridized carbons (Fsp3) is 0.611.